The fourth-order valence-electron chi connectivity index (χ4n) is 0.570. The second-order valence-electron chi connectivity index (χ2n) is 2.64. The average Bonchev–Trinajstić information content (AvgIpc) is 2.26. The summed E-state index contributed by atoms with van der Waals surface area (Å²) in [5.41, 5.74) is 0. The highest BCUT2D eigenvalue weighted by molar-refractivity contribution is 5.62. The van der Waals surface area contributed by atoms with Crippen LogP contribution < -0.4 is 0 Å². The maximum atomic E-state index is 12.5. The van der Waals surface area contributed by atoms with Gasteiger partial charge in [0, 0.05) is 0 Å². The van der Waals surface area contributed by atoms with Crippen molar-refractivity contribution in [3.05, 3.63) is 23.2 Å². The summed E-state index contributed by atoms with van der Waals surface area (Å²) in [6.07, 6.45) is -1.47. The van der Waals surface area contributed by atoms with Gasteiger partial charge >= 0.3 is 6.16 Å². The number of ether oxygens (including phenoxy) is 2. The van der Waals surface area contributed by atoms with E-state index in [-0.39, 0.29) is 0 Å². The van der Waals surface area contributed by atoms with Crippen molar-refractivity contribution in [1.82, 2.24) is 0 Å². The highest BCUT2D eigenvalue weighted by Crippen LogP contribution is 2.12. The highest BCUT2D eigenvalue weighted by atomic mass is 19.2. The van der Waals surface area contributed by atoms with Crippen LogP contribution in [-0.2, 0) is 9.47 Å². The Balaban J connectivity index is 4.42. The predicted molar refractivity (Wildman–Crippen MR) is 47.1 cm³/mol. The standard InChI is InChI=1S/C9H10F4O3/c1-5(7(12)3-10)15-9(14)16-6(2)8(13)4-11/h3-4H2,1-2H3. The van der Waals surface area contributed by atoms with E-state index in [4.69, 9.17) is 0 Å². The minimum atomic E-state index is -1.47. The maximum absolute atomic E-state index is 12.5. The molecule has 0 saturated heterocycles. The number of carbonyl (C=O) groups is 1. The summed E-state index contributed by atoms with van der Waals surface area (Å²) in [6.45, 7) is -0.902. The number of carbonyl (C=O) groups excluding carboxylic acids is 1. The summed E-state index contributed by atoms with van der Waals surface area (Å²) in [7, 11) is 0. The third-order valence-electron chi connectivity index (χ3n) is 1.47. The summed E-state index contributed by atoms with van der Waals surface area (Å²) >= 11 is 0. The summed E-state index contributed by atoms with van der Waals surface area (Å²) in [5.74, 6) is -3.85. The molecule has 0 unspecified atom stereocenters. The van der Waals surface area contributed by atoms with Crippen molar-refractivity contribution in [2.24, 2.45) is 0 Å². The molecule has 3 nitrogen and oxygen atoms in total. The first-order valence-electron chi connectivity index (χ1n) is 4.14. The molecule has 0 bridgehead atoms. The van der Waals surface area contributed by atoms with E-state index in [0.29, 0.717) is 0 Å². The zero-order valence-electron chi connectivity index (χ0n) is 8.65. The molecule has 0 aliphatic rings. The van der Waals surface area contributed by atoms with E-state index >= 15 is 0 Å². The maximum Gasteiger partial charge on any atom is 0.518 e. The molecule has 92 valence electrons. The number of halogens is 4. The molecule has 0 atom stereocenters. The van der Waals surface area contributed by atoms with Crippen LogP contribution in [-0.4, -0.2) is 19.5 Å². The van der Waals surface area contributed by atoms with Gasteiger partial charge in [-0.1, -0.05) is 0 Å². The van der Waals surface area contributed by atoms with Crippen LogP contribution in [0.3, 0.4) is 0 Å². The first kappa shape index (κ1) is 14.5. The molecular formula is C9H10F4O3. The zero-order chi connectivity index (χ0) is 12.7. The van der Waals surface area contributed by atoms with E-state index in [1.807, 2.05) is 0 Å². The molecule has 0 radical (unpaired) electrons. The van der Waals surface area contributed by atoms with E-state index < -0.39 is 42.7 Å². The summed E-state index contributed by atoms with van der Waals surface area (Å²) in [5, 5.41) is 0. The molecule has 0 aromatic carbocycles. The van der Waals surface area contributed by atoms with Crippen LogP contribution in [0.5, 0.6) is 0 Å². The second kappa shape index (κ2) is 6.86. The third-order valence-corrected chi connectivity index (χ3v) is 1.47. The van der Waals surface area contributed by atoms with Crippen LogP contribution in [0.25, 0.3) is 0 Å². The van der Waals surface area contributed by atoms with Gasteiger partial charge in [-0.15, -0.1) is 0 Å². The Morgan fingerprint density at radius 2 is 1.25 bits per heavy atom. The van der Waals surface area contributed by atoms with Crippen molar-refractivity contribution >= 4 is 6.16 Å². The SMILES string of the molecule is CC(OC(=O)OC(C)=C(F)CF)=C(F)CF. The Labute approximate surface area is 89.3 Å². The van der Waals surface area contributed by atoms with Gasteiger partial charge in [-0.3, -0.25) is 0 Å². The van der Waals surface area contributed by atoms with Crippen molar-refractivity contribution in [1.29, 1.82) is 0 Å². The van der Waals surface area contributed by atoms with Gasteiger partial charge in [-0.05, 0) is 13.8 Å². The van der Waals surface area contributed by atoms with E-state index in [9.17, 15) is 22.4 Å². The van der Waals surface area contributed by atoms with Gasteiger partial charge in [0.25, 0.3) is 0 Å². The van der Waals surface area contributed by atoms with Crippen LogP contribution >= 0.6 is 0 Å². The number of hydrogen-bond acceptors (Lipinski definition) is 3. The van der Waals surface area contributed by atoms with Gasteiger partial charge in [-0.2, -0.15) is 0 Å². The van der Waals surface area contributed by atoms with Gasteiger partial charge in [0.15, 0.2) is 11.7 Å². The Morgan fingerprint density at radius 1 is 0.938 bits per heavy atom. The van der Waals surface area contributed by atoms with Crippen LogP contribution in [0.1, 0.15) is 13.8 Å². The Bertz CT molecular complexity index is 293. The molecule has 7 heteroatoms. The number of alkyl halides is 2. The third kappa shape index (κ3) is 4.81. The Morgan fingerprint density at radius 3 is 1.50 bits per heavy atom. The molecule has 0 aliphatic heterocycles. The molecule has 0 aromatic rings. The minimum Gasteiger partial charge on any atom is -0.397 e. The first-order chi connectivity index (χ1) is 7.42. The van der Waals surface area contributed by atoms with E-state index in [1.54, 1.807) is 0 Å². The van der Waals surface area contributed by atoms with Gasteiger partial charge in [0.1, 0.15) is 24.9 Å². The average molecular weight is 242 g/mol. The Kier molecular flexibility index (Phi) is 6.21. The van der Waals surface area contributed by atoms with Gasteiger partial charge in [0.05, 0.1) is 0 Å². The molecule has 16 heavy (non-hydrogen) atoms. The fourth-order valence-corrected chi connectivity index (χ4v) is 0.570. The van der Waals surface area contributed by atoms with E-state index in [2.05, 4.69) is 9.47 Å². The molecule has 0 fully saturated rings. The second-order valence-corrected chi connectivity index (χ2v) is 2.64. The van der Waals surface area contributed by atoms with Gasteiger partial charge in [0.2, 0.25) is 0 Å². The molecule has 0 rings (SSSR count). The number of rotatable bonds is 4. The van der Waals surface area contributed by atoms with Crippen molar-refractivity contribution in [2.75, 3.05) is 13.3 Å². The lowest BCUT2D eigenvalue weighted by Gasteiger charge is -2.06. The summed E-state index contributed by atoms with van der Waals surface area (Å²) in [4.78, 5) is 10.8. The van der Waals surface area contributed by atoms with Crippen LogP contribution in [0.4, 0.5) is 22.4 Å². The van der Waals surface area contributed by atoms with Crippen LogP contribution in [0.15, 0.2) is 23.2 Å². The molecule has 0 spiro atoms. The number of allylic oxidation sites excluding steroid dienone is 4. The molecule has 0 heterocycles. The topological polar surface area (TPSA) is 35.5 Å². The highest BCUT2D eigenvalue weighted by Gasteiger charge is 2.13. The Hall–Kier alpha value is -1.53. The summed E-state index contributed by atoms with van der Waals surface area (Å²) < 4.78 is 56.7. The zero-order valence-corrected chi connectivity index (χ0v) is 8.65. The van der Waals surface area contributed by atoms with Crippen LogP contribution in [0.2, 0.25) is 0 Å². The first-order valence-corrected chi connectivity index (χ1v) is 4.14. The van der Waals surface area contributed by atoms with E-state index in [1.165, 1.54) is 0 Å². The van der Waals surface area contributed by atoms with Crippen molar-refractivity contribution in [3.63, 3.8) is 0 Å². The molecule has 0 amide bonds. The normalized spacial score (nSPS) is 13.9. The fraction of sp³-hybridized carbons (Fsp3) is 0.444. The molecule has 0 saturated carbocycles. The van der Waals surface area contributed by atoms with Crippen molar-refractivity contribution < 1.29 is 31.8 Å². The van der Waals surface area contributed by atoms with Crippen LogP contribution in [0, 0.1) is 0 Å². The molecule has 0 aromatic heterocycles. The number of hydrogen-bond donors (Lipinski definition) is 0. The molecular weight excluding hydrogens is 232 g/mol. The molecule has 0 N–H and O–H groups in total. The van der Waals surface area contributed by atoms with Crippen molar-refractivity contribution in [3.8, 4) is 0 Å². The largest absolute Gasteiger partial charge is 0.518 e. The smallest absolute Gasteiger partial charge is 0.397 e. The monoisotopic (exact) mass is 242 g/mol. The lowest BCUT2D eigenvalue weighted by molar-refractivity contribution is 0.0968. The van der Waals surface area contributed by atoms with Crippen molar-refractivity contribution in [2.45, 2.75) is 13.8 Å². The molecule has 0 aliphatic carbocycles. The van der Waals surface area contributed by atoms with Gasteiger partial charge in [-0.25, -0.2) is 22.4 Å². The van der Waals surface area contributed by atoms with Gasteiger partial charge < -0.3 is 9.47 Å². The van der Waals surface area contributed by atoms with E-state index in [0.717, 1.165) is 13.8 Å². The summed E-state index contributed by atoms with van der Waals surface area (Å²) in [6, 6.07) is 0. The lowest BCUT2D eigenvalue weighted by Crippen LogP contribution is -2.07. The predicted octanol–water partition coefficient (Wildman–Crippen LogP) is 3.48. The lowest BCUT2D eigenvalue weighted by atomic mass is 10.5. The minimum absolute atomic E-state index is 0.638. The quantitative estimate of drug-likeness (QED) is 0.430.